The third kappa shape index (κ3) is 3.82. The molecule has 0 fully saturated rings. The van der Waals surface area contributed by atoms with Crippen molar-refractivity contribution in [3.63, 3.8) is 0 Å². The summed E-state index contributed by atoms with van der Waals surface area (Å²) in [6, 6.07) is 7.38. The largest absolute Gasteiger partial charge is 0.493 e. The van der Waals surface area contributed by atoms with E-state index in [1.165, 1.54) is 0 Å². The Hall–Kier alpha value is -3.86. The molecule has 1 heterocycles. The first-order valence-corrected chi connectivity index (χ1v) is 9.19. The summed E-state index contributed by atoms with van der Waals surface area (Å²) >= 11 is 0. The Labute approximate surface area is 174 Å². The molecule has 30 heavy (non-hydrogen) atoms. The minimum Gasteiger partial charge on any atom is -0.493 e. The van der Waals surface area contributed by atoms with Gasteiger partial charge in [-0.2, -0.15) is 0 Å². The molecule has 156 valence electrons. The molecule has 8 nitrogen and oxygen atoms in total. The molecule has 0 spiro atoms. The maximum atomic E-state index is 12.4. The van der Waals surface area contributed by atoms with Crippen molar-refractivity contribution in [2.75, 3.05) is 38.5 Å². The van der Waals surface area contributed by atoms with E-state index >= 15 is 0 Å². The smallest absolute Gasteiger partial charge is 0.260 e. The number of ether oxygens (including phenoxy) is 3. The number of hydrogen-bond donors (Lipinski definition) is 2. The summed E-state index contributed by atoms with van der Waals surface area (Å²) in [6.45, 7) is 2.69. The molecule has 0 aliphatic carbocycles. The molecule has 0 unspecified atom stereocenters. The van der Waals surface area contributed by atoms with Gasteiger partial charge in [0.05, 0.1) is 38.8 Å². The van der Waals surface area contributed by atoms with Gasteiger partial charge in [-0.3, -0.25) is 9.78 Å². The second-order valence-electron chi connectivity index (χ2n) is 6.64. The van der Waals surface area contributed by atoms with Crippen LogP contribution in [0.1, 0.15) is 11.1 Å². The van der Waals surface area contributed by atoms with Crippen LogP contribution >= 0.6 is 0 Å². The average molecular weight is 408 g/mol. The van der Waals surface area contributed by atoms with Crippen molar-refractivity contribution in [2.45, 2.75) is 13.5 Å². The Kier molecular flexibility index (Phi) is 6.02. The second-order valence-corrected chi connectivity index (χ2v) is 6.64. The molecule has 0 saturated carbocycles. The number of methoxy groups -OCH3 is 3. The summed E-state index contributed by atoms with van der Waals surface area (Å²) < 4.78 is 16.3. The third-order valence-corrected chi connectivity index (χ3v) is 4.92. The number of nitrogens with two attached hydrogens (primary N) is 1. The van der Waals surface area contributed by atoms with E-state index in [1.54, 1.807) is 27.4 Å². The Balaban J connectivity index is 2.08. The highest BCUT2D eigenvalue weighted by molar-refractivity contribution is 5.83. The van der Waals surface area contributed by atoms with Gasteiger partial charge in [0.1, 0.15) is 0 Å². The Bertz CT molecular complexity index is 1160. The lowest BCUT2D eigenvalue weighted by Crippen LogP contribution is -2.24. The maximum absolute atomic E-state index is 12.4. The summed E-state index contributed by atoms with van der Waals surface area (Å²) in [5.74, 6) is 4.33. The van der Waals surface area contributed by atoms with Crippen molar-refractivity contribution < 1.29 is 14.2 Å². The maximum Gasteiger partial charge on any atom is 0.260 e. The van der Waals surface area contributed by atoms with Crippen LogP contribution in [-0.4, -0.2) is 37.8 Å². The Morgan fingerprint density at radius 1 is 1.17 bits per heavy atom. The third-order valence-electron chi connectivity index (χ3n) is 4.92. The van der Waals surface area contributed by atoms with E-state index in [-0.39, 0.29) is 11.5 Å². The van der Waals surface area contributed by atoms with Crippen molar-refractivity contribution in [3.05, 3.63) is 45.7 Å². The summed E-state index contributed by atoms with van der Waals surface area (Å²) in [6.07, 6.45) is 5.63. The molecule has 0 amide bonds. The zero-order chi connectivity index (χ0) is 21.8. The minimum absolute atomic E-state index is 0.0889. The number of nitrogen functional groups attached to an aromatic ring is 1. The molecule has 0 atom stereocenters. The van der Waals surface area contributed by atoms with Crippen molar-refractivity contribution in [3.8, 4) is 29.6 Å². The number of H-pyrrole nitrogens is 1. The van der Waals surface area contributed by atoms with Crippen molar-refractivity contribution in [1.29, 1.82) is 0 Å². The monoisotopic (exact) mass is 408 g/mol. The number of aryl methyl sites for hydroxylation is 1. The van der Waals surface area contributed by atoms with Crippen LogP contribution in [0.15, 0.2) is 29.1 Å². The van der Waals surface area contributed by atoms with Crippen LogP contribution in [0.3, 0.4) is 0 Å². The first kappa shape index (κ1) is 20.9. The fourth-order valence-electron chi connectivity index (χ4n) is 3.43. The molecule has 0 radical (unpaired) electrons. The molecule has 3 rings (SSSR count). The quantitative estimate of drug-likeness (QED) is 0.579. The fraction of sp³-hybridized carbons (Fsp3) is 0.273. The average Bonchev–Trinajstić information content (AvgIpc) is 2.73. The number of hydrogen-bond acceptors (Lipinski definition) is 7. The summed E-state index contributed by atoms with van der Waals surface area (Å²) in [7, 11) is 4.67. The lowest BCUT2D eigenvalue weighted by molar-refractivity contribution is 0.324. The number of nitrogens with zero attached hydrogens (tertiary/aromatic N) is 2. The van der Waals surface area contributed by atoms with Crippen LogP contribution < -0.4 is 30.4 Å². The molecule has 0 aliphatic rings. The number of nitrogens with one attached hydrogen (secondary N) is 1. The molecule has 0 saturated heterocycles. The molecule has 3 N–H and O–H groups in total. The van der Waals surface area contributed by atoms with Gasteiger partial charge in [-0.1, -0.05) is 12.0 Å². The zero-order valence-corrected chi connectivity index (χ0v) is 17.4. The van der Waals surface area contributed by atoms with Gasteiger partial charge < -0.3 is 24.8 Å². The highest BCUT2D eigenvalue weighted by atomic mass is 16.5. The van der Waals surface area contributed by atoms with E-state index in [4.69, 9.17) is 26.4 Å². The molecular formula is C22H24N4O4. The van der Waals surface area contributed by atoms with E-state index in [9.17, 15) is 4.79 Å². The van der Waals surface area contributed by atoms with E-state index in [1.807, 2.05) is 30.0 Å². The highest BCUT2D eigenvalue weighted by Crippen LogP contribution is 2.41. The van der Waals surface area contributed by atoms with Crippen molar-refractivity contribution in [1.82, 2.24) is 9.97 Å². The van der Waals surface area contributed by atoms with Gasteiger partial charge >= 0.3 is 0 Å². The Morgan fingerprint density at radius 3 is 2.40 bits per heavy atom. The van der Waals surface area contributed by atoms with E-state index in [0.29, 0.717) is 41.2 Å². The highest BCUT2D eigenvalue weighted by Gasteiger charge is 2.18. The lowest BCUT2D eigenvalue weighted by Gasteiger charge is -2.25. The van der Waals surface area contributed by atoms with E-state index in [0.717, 1.165) is 16.8 Å². The van der Waals surface area contributed by atoms with Crippen molar-refractivity contribution >= 4 is 22.5 Å². The van der Waals surface area contributed by atoms with Crippen LogP contribution in [0.25, 0.3) is 10.9 Å². The molecule has 8 heteroatoms. The molecule has 0 aliphatic heterocycles. The number of aromatic amines is 1. The summed E-state index contributed by atoms with van der Waals surface area (Å²) in [4.78, 5) is 21.2. The van der Waals surface area contributed by atoms with Gasteiger partial charge in [0, 0.05) is 24.4 Å². The van der Waals surface area contributed by atoms with Gasteiger partial charge in [0.15, 0.2) is 11.5 Å². The second kappa shape index (κ2) is 8.66. The van der Waals surface area contributed by atoms with Gasteiger partial charge in [0.2, 0.25) is 11.7 Å². The predicted molar refractivity (Wildman–Crippen MR) is 117 cm³/mol. The molecule has 3 aromatic rings. The molecule has 1 aromatic heterocycles. The number of anilines is 2. The van der Waals surface area contributed by atoms with Crippen LogP contribution in [0.4, 0.5) is 11.6 Å². The van der Waals surface area contributed by atoms with E-state index < -0.39 is 0 Å². The standard InChI is InChI=1S/C22H24N4O4/c1-6-9-26(15-10-17(28-3)20(30-5)18(11-15)29-4)12-14-7-8-16-19(13(14)2)21(27)25-22(23)24-16/h1,7-8,10-11H,9,12H2,2-5H3,(H3,23,24,25,27). The number of fused-ring (bicyclic) bond motifs is 1. The molecular weight excluding hydrogens is 384 g/mol. The normalized spacial score (nSPS) is 10.5. The van der Waals surface area contributed by atoms with Gasteiger partial charge in [-0.25, -0.2) is 4.98 Å². The number of rotatable bonds is 7. The van der Waals surface area contributed by atoms with Gasteiger partial charge in [-0.05, 0) is 24.1 Å². The van der Waals surface area contributed by atoms with Gasteiger partial charge in [-0.15, -0.1) is 6.42 Å². The molecule has 0 bridgehead atoms. The van der Waals surface area contributed by atoms with Gasteiger partial charge in [0.25, 0.3) is 5.56 Å². The minimum atomic E-state index is -0.270. The van der Waals surface area contributed by atoms with E-state index in [2.05, 4.69) is 15.9 Å². The fourth-order valence-corrected chi connectivity index (χ4v) is 3.43. The topological polar surface area (TPSA) is 103 Å². The first-order chi connectivity index (χ1) is 14.4. The van der Waals surface area contributed by atoms with Crippen LogP contribution in [-0.2, 0) is 6.54 Å². The Morgan fingerprint density at radius 2 is 1.83 bits per heavy atom. The predicted octanol–water partition coefficient (Wildman–Crippen LogP) is 2.48. The number of aromatic nitrogens is 2. The lowest BCUT2D eigenvalue weighted by atomic mass is 10.0. The SMILES string of the molecule is C#CCN(Cc1ccc2nc(N)[nH]c(=O)c2c1C)c1cc(OC)c(OC)c(OC)c1. The summed E-state index contributed by atoms with van der Waals surface area (Å²) in [5, 5.41) is 0.507. The zero-order valence-electron chi connectivity index (χ0n) is 17.4. The number of terminal acetylenes is 1. The summed E-state index contributed by atoms with van der Waals surface area (Å²) in [5.41, 5.74) is 8.48. The van der Waals surface area contributed by atoms with Crippen molar-refractivity contribution in [2.24, 2.45) is 0 Å². The van der Waals surface area contributed by atoms with Crippen LogP contribution in [0.5, 0.6) is 17.2 Å². The molecule has 2 aromatic carbocycles. The first-order valence-electron chi connectivity index (χ1n) is 9.19. The number of benzene rings is 2. The van der Waals surface area contributed by atoms with Crippen LogP contribution in [0.2, 0.25) is 0 Å². The van der Waals surface area contributed by atoms with Crippen LogP contribution in [0, 0.1) is 19.3 Å².